The lowest BCUT2D eigenvalue weighted by Gasteiger charge is -2.34. The number of hydrogen-bond acceptors (Lipinski definition) is 4. The molecular formula is C18H26N2O4. The molecule has 1 aromatic rings. The average Bonchev–Trinajstić information content (AvgIpc) is 2.89. The van der Waals surface area contributed by atoms with Gasteiger partial charge in [-0.25, -0.2) is 0 Å². The first-order valence-corrected chi connectivity index (χ1v) is 8.22. The first kappa shape index (κ1) is 18.3. The van der Waals surface area contributed by atoms with Crippen LogP contribution in [0.25, 0.3) is 0 Å². The number of amides is 2. The Kier molecular flexibility index (Phi) is 6.20. The third-order valence-corrected chi connectivity index (χ3v) is 4.52. The van der Waals surface area contributed by atoms with Gasteiger partial charge in [0.1, 0.15) is 11.3 Å². The fourth-order valence-corrected chi connectivity index (χ4v) is 2.92. The number of hydrogen-bond donors (Lipinski definition) is 1. The van der Waals surface area contributed by atoms with Gasteiger partial charge in [0.25, 0.3) is 0 Å². The van der Waals surface area contributed by atoms with Gasteiger partial charge in [0.05, 0.1) is 7.11 Å². The molecule has 0 bridgehead atoms. The summed E-state index contributed by atoms with van der Waals surface area (Å²) in [4.78, 5) is 26.6. The molecule has 2 rings (SSSR count). The molecule has 24 heavy (non-hydrogen) atoms. The molecular weight excluding hydrogens is 308 g/mol. The van der Waals surface area contributed by atoms with E-state index in [-0.39, 0.29) is 11.8 Å². The number of rotatable bonds is 8. The summed E-state index contributed by atoms with van der Waals surface area (Å²) in [7, 11) is 3.25. The molecule has 0 spiro atoms. The summed E-state index contributed by atoms with van der Waals surface area (Å²) < 4.78 is 10.1. The predicted molar refractivity (Wildman–Crippen MR) is 90.7 cm³/mol. The maximum atomic E-state index is 12.6. The van der Waals surface area contributed by atoms with Crippen molar-refractivity contribution in [2.75, 3.05) is 27.4 Å². The molecule has 0 aromatic heterocycles. The van der Waals surface area contributed by atoms with Gasteiger partial charge in [-0.2, -0.15) is 0 Å². The lowest BCUT2D eigenvalue weighted by Crippen LogP contribution is -2.54. The topological polar surface area (TPSA) is 67.9 Å². The zero-order valence-corrected chi connectivity index (χ0v) is 14.6. The van der Waals surface area contributed by atoms with Gasteiger partial charge in [0.15, 0.2) is 0 Å². The number of nitrogens with one attached hydrogen (secondary N) is 1. The predicted octanol–water partition coefficient (Wildman–Crippen LogP) is 1.73. The molecule has 6 nitrogen and oxygen atoms in total. The molecule has 1 aliphatic heterocycles. The van der Waals surface area contributed by atoms with Crippen molar-refractivity contribution in [1.29, 1.82) is 0 Å². The molecule has 1 N–H and O–H groups in total. The highest BCUT2D eigenvalue weighted by Crippen LogP contribution is 2.32. The third kappa shape index (κ3) is 4.06. The molecule has 1 heterocycles. The summed E-state index contributed by atoms with van der Waals surface area (Å²) in [5, 5.41) is 2.92. The molecule has 1 atom stereocenters. The summed E-state index contributed by atoms with van der Waals surface area (Å²) in [6.45, 7) is 3.41. The van der Waals surface area contributed by atoms with E-state index >= 15 is 0 Å². The Morgan fingerprint density at radius 1 is 1.29 bits per heavy atom. The van der Waals surface area contributed by atoms with Gasteiger partial charge in [-0.05, 0) is 37.5 Å². The molecule has 2 amide bonds. The van der Waals surface area contributed by atoms with E-state index in [9.17, 15) is 9.59 Å². The van der Waals surface area contributed by atoms with E-state index in [1.165, 1.54) is 0 Å². The van der Waals surface area contributed by atoms with Crippen molar-refractivity contribution >= 4 is 11.8 Å². The summed E-state index contributed by atoms with van der Waals surface area (Å²) in [6.07, 6.45) is 1.70. The molecule has 1 saturated heterocycles. The van der Waals surface area contributed by atoms with Gasteiger partial charge in [0, 0.05) is 33.2 Å². The molecule has 0 aliphatic carbocycles. The fourth-order valence-electron chi connectivity index (χ4n) is 2.92. The van der Waals surface area contributed by atoms with Crippen LogP contribution in [0.15, 0.2) is 24.3 Å². The number of likely N-dealkylation sites (tertiary alicyclic amines) is 1. The van der Waals surface area contributed by atoms with Gasteiger partial charge in [-0.1, -0.05) is 12.1 Å². The van der Waals surface area contributed by atoms with Crippen LogP contribution in [0.5, 0.6) is 5.75 Å². The minimum Gasteiger partial charge on any atom is -0.497 e. The molecule has 132 valence electrons. The Hall–Kier alpha value is -2.08. The smallest absolute Gasteiger partial charge is 0.245 e. The second kappa shape index (κ2) is 8.15. The highest BCUT2D eigenvalue weighted by Gasteiger charge is 2.46. The number of methoxy groups -OCH3 is 2. The minimum atomic E-state index is -0.802. The van der Waals surface area contributed by atoms with Crippen molar-refractivity contribution in [3.05, 3.63) is 29.8 Å². The van der Waals surface area contributed by atoms with E-state index in [4.69, 9.17) is 9.47 Å². The van der Waals surface area contributed by atoms with E-state index in [0.29, 0.717) is 32.5 Å². The number of benzene rings is 1. The summed E-state index contributed by atoms with van der Waals surface area (Å²) >= 11 is 0. The van der Waals surface area contributed by atoms with Crippen molar-refractivity contribution in [1.82, 2.24) is 10.2 Å². The molecule has 0 unspecified atom stereocenters. The van der Waals surface area contributed by atoms with Crippen LogP contribution < -0.4 is 10.1 Å². The van der Waals surface area contributed by atoms with E-state index < -0.39 is 5.54 Å². The van der Waals surface area contributed by atoms with Crippen LogP contribution in [-0.2, 0) is 20.9 Å². The number of carbonyl (C=O) groups excluding carboxylic acids is 2. The molecule has 1 fully saturated rings. The minimum absolute atomic E-state index is 0.0142. The molecule has 0 radical (unpaired) electrons. The highest BCUT2D eigenvalue weighted by molar-refractivity contribution is 5.94. The number of carbonyl (C=O) groups is 2. The molecule has 1 aliphatic rings. The Bertz CT molecular complexity index is 573. The molecule has 0 saturated carbocycles. The normalized spacial score (nSPS) is 20.3. The van der Waals surface area contributed by atoms with Crippen molar-refractivity contribution in [2.24, 2.45) is 0 Å². The maximum absolute atomic E-state index is 12.6. The van der Waals surface area contributed by atoms with Gasteiger partial charge in [-0.15, -0.1) is 0 Å². The summed E-state index contributed by atoms with van der Waals surface area (Å²) in [5.74, 6) is 0.684. The lowest BCUT2D eigenvalue weighted by molar-refractivity contribution is -0.141. The number of ether oxygens (including phenoxy) is 2. The van der Waals surface area contributed by atoms with Crippen LogP contribution in [-0.4, -0.2) is 49.6 Å². The van der Waals surface area contributed by atoms with E-state index in [1.807, 2.05) is 31.2 Å². The zero-order chi connectivity index (χ0) is 17.6. The van der Waals surface area contributed by atoms with E-state index in [0.717, 1.165) is 17.7 Å². The van der Waals surface area contributed by atoms with Crippen LogP contribution in [0.3, 0.4) is 0 Å². The second-order valence-corrected chi connectivity index (χ2v) is 6.20. The Balaban J connectivity index is 2.04. The largest absolute Gasteiger partial charge is 0.497 e. The van der Waals surface area contributed by atoms with Gasteiger partial charge in [-0.3, -0.25) is 9.59 Å². The third-order valence-electron chi connectivity index (χ3n) is 4.52. The monoisotopic (exact) mass is 334 g/mol. The standard InChI is InChI=1S/C18H26N2O4/c1-18(17(22)19-11-4-12-23-2)10-9-16(21)20(18)13-14-5-7-15(24-3)8-6-14/h5-8H,4,9-13H2,1-3H3,(H,19,22)/t18-/m0/s1. The lowest BCUT2D eigenvalue weighted by atomic mass is 9.97. The summed E-state index contributed by atoms with van der Waals surface area (Å²) in [5.41, 5.74) is 0.175. The maximum Gasteiger partial charge on any atom is 0.245 e. The van der Waals surface area contributed by atoms with Crippen LogP contribution in [0.1, 0.15) is 31.7 Å². The van der Waals surface area contributed by atoms with Crippen molar-refractivity contribution in [3.8, 4) is 5.75 Å². The quantitative estimate of drug-likeness (QED) is 0.735. The average molecular weight is 334 g/mol. The van der Waals surface area contributed by atoms with Crippen LogP contribution in [0.2, 0.25) is 0 Å². The fraction of sp³-hybridized carbons (Fsp3) is 0.556. The first-order chi connectivity index (χ1) is 11.5. The Morgan fingerprint density at radius 2 is 2.00 bits per heavy atom. The van der Waals surface area contributed by atoms with Gasteiger partial charge >= 0.3 is 0 Å². The second-order valence-electron chi connectivity index (χ2n) is 6.20. The van der Waals surface area contributed by atoms with E-state index in [1.54, 1.807) is 19.1 Å². The Labute approximate surface area is 143 Å². The van der Waals surface area contributed by atoms with Crippen LogP contribution in [0, 0.1) is 0 Å². The number of nitrogens with zero attached hydrogens (tertiary/aromatic N) is 1. The zero-order valence-electron chi connectivity index (χ0n) is 14.6. The van der Waals surface area contributed by atoms with Gasteiger partial charge < -0.3 is 19.7 Å². The van der Waals surface area contributed by atoms with Crippen LogP contribution in [0.4, 0.5) is 0 Å². The van der Waals surface area contributed by atoms with Gasteiger partial charge in [0.2, 0.25) is 11.8 Å². The molecule has 6 heteroatoms. The van der Waals surface area contributed by atoms with E-state index in [2.05, 4.69) is 5.32 Å². The first-order valence-electron chi connectivity index (χ1n) is 8.22. The summed E-state index contributed by atoms with van der Waals surface area (Å²) in [6, 6.07) is 7.55. The van der Waals surface area contributed by atoms with Crippen LogP contribution >= 0.6 is 0 Å². The SMILES string of the molecule is COCCCNC(=O)[C@]1(C)CCC(=O)N1Cc1ccc(OC)cc1. The van der Waals surface area contributed by atoms with Crippen molar-refractivity contribution in [3.63, 3.8) is 0 Å². The highest BCUT2D eigenvalue weighted by atomic mass is 16.5. The van der Waals surface area contributed by atoms with Crippen molar-refractivity contribution in [2.45, 2.75) is 38.3 Å². The van der Waals surface area contributed by atoms with Crippen molar-refractivity contribution < 1.29 is 19.1 Å². The molecule has 1 aromatic carbocycles. The Morgan fingerprint density at radius 3 is 2.62 bits per heavy atom.